The van der Waals surface area contributed by atoms with Crippen molar-refractivity contribution in [2.45, 2.75) is 155 Å². The van der Waals surface area contributed by atoms with Gasteiger partial charge in [0.25, 0.3) is 0 Å². The van der Waals surface area contributed by atoms with E-state index < -0.39 is 28.3 Å². The Balaban J connectivity index is 4.10. The monoisotopic (exact) mass is 534 g/mol. The molecular weight excluding hydrogens is 480 g/mol. The van der Waals surface area contributed by atoms with Crippen LogP contribution < -0.4 is 0 Å². The minimum atomic E-state index is -4.90. The highest BCUT2D eigenvalue weighted by Crippen LogP contribution is 2.19. The largest absolute Gasteiger partial charge is 0.466 e. The van der Waals surface area contributed by atoms with Crippen molar-refractivity contribution >= 4 is 22.3 Å². The average molecular weight is 535 g/mol. The van der Waals surface area contributed by atoms with Crippen LogP contribution in [0.3, 0.4) is 0 Å². The first-order valence-electron chi connectivity index (χ1n) is 14.7. The zero-order valence-electron chi connectivity index (χ0n) is 23.1. The lowest BCUT2D eigenvalue weighted by Gasteiger charge is -2.14. The number of esters is 1. The summed E-state index contributed by atoms with van der Waals surface area (Å²) >= 11 is 0. The summed E-state index contributed by atoms with van der Waals surface area (Å²) in [5, 5.41) is 0. The fourth-order valence-electron chi connectivity index (χ4n) is 4.39. The van der Waals surface area contributed by atoms with Crippen LogP contribution in [0.5, 0.6) is 0 Å². The summed E-state index contributed by atoms with van der Waals surface area (Å²) in [6, 6.07) is 0. The Morgan fingerprint density at radius 1 is 0.639 bits per heavy atom. The van der Waals surface area contributed by atoms with Crippen LogP contribution in [-0.2, 0) is 28.9 Å². The minimum Gasteiger partial charge on any atom is -0.466 e. The molecular formula is C28H54O7S. The van der Waals surface area contributed by atoms with Crippen molar-refractivity contribution in [1.82, 2.24) is 0 Å². The SMILES string of the molecule is CCCCCCCCCCCCOC(=O)CC(CCCCCCCCCCCC)C(=O)OS(=O)(=O)O. The summed E-state index contributed by atoms with van der Waals surface area (Å²) in [7, 11) is -4.90. The first kappa shape index (κ1) is 34.9. The zero-order chi connectivity index (χ0) is 26.9. The van der Waals surface area contributed by atoms with Gasteiger partial charge in [-0.2, -0.15) is 8.42 Å². The average Bonchev–Trinajstić information content (AvgIpc) is 2.81. The fourth-order valence-corrected chi connectivity index (χ4v) is 4.73. The normalized spacial score (nSPS) is 12.4. The van der Waals surface area contributed by atoms with Gasteiger partial charge >= 0.3 is 22.3 Å². The summed E-state index contributed by atoms with van der Waals surface area (Å²) in [4.78, 5) is 24.4. The van der Waals surface area contributed by atoms with Gasteiger partial charge in [0.1, 0.15) is 0 Å². The lowest BCUT2D eigenvalue weighted by molar-refractivity contribution is -0.150. The van der Waals surface area contributed by atoms with Gasteiger partial charge in [-0.15, -0.1) is 0 Å². The number of unbranched alkanes of at least 4 members (excludes halogenated alkanes) is 18. The molecule has 36 heavy (non-hydrogen) atoms. The predicted molar refractivity (Wildman–Crippen MR) is 145 cm³/mol. The Labute approximate surface area is 221 Å². The molecule has 0 saturated carbocycles. The Hall–Kier alpha value is -1.15. The molecule has 1 atom stereocenters. The van der Waals surface area contributed by atoms with Gasteiger partial charge in [-0.1, -0.05) is 136 Å². The zero-order valence-corrected chi connectivity index (χ0v) is 24.0. The van der Waals surface area contributed by atoms with Crippen LogP contribution in [0.1, 0.15) is 155 Å². The molecule has 1 unspecified atom stereocenters. The van der Waals surface area contributed by atoms with Gasteiger partial charge in [0.15, 0.2) is 0 Å². The highest BCUT2D eigenvalue weighted by atomic mass is 32.3. The van der Waals surface area contributed by atoms with Gasteiger partial charge in [-0.3, -0.25) is 14.1 Å². The van der Waals surface area contributed by atoms with Gasteiger partial charge in [0.05, 0.1) is 18.9 Å². The maximum Gasteiger partial charge on any atom is 0.448 e. The molecule has 0 aromatic carbocycles. The van der Waals surface area contributed by atoms with Crippen molar-refractivity contribution in [3.05, 3.63) is 0 Å². The van der Waals surface area contributed by atoms with Crippen LogP contribution >= 0.6 is 0 Å². The van der Waals surface area contributed by atoms with Crippen molar-refractivity contribution < 1.29 is 31.5 Å². The van der Waals surface area contributed by atoms with Crippen LogP contribution in [0.15, 0.2) is 0 Å². The van der Waals surface area contributed by atoms with E-state index in [9.17, 15) is 18.0 Å². The lowest BCUT2D eigenvalue weighted by atomic mass is 9.97. The highest BCUT2D eigenvalue weighted by molar-refractivity contribution is 7.81. The molecule has 0 rings (SSSR count). The van der Waals surface area contributed by atoms with E-state index in [0.29, 0.717) is 19.4 Å². The minimum absolute atomic E-state index is 0.233. The second-order valence-corrected chi connectivity index (χ2v) is 11.1. The van der Waals surface area contributed by atoms with E-state index in [4.69, 9.17) is 9.29 Å². The van der Waals surface area contributed by atoms with Crippen LogP contribution in [0.2, 0.25) is 0 Å². The topological polar surface area (TPSA) is 107 Å². The predicted octanol–water partition coefficient (Wildman–Crippen LogP) is 8.11. The summed E-state index contributed by atoms with van der Waals surface area (Å²) in [5.74, 6) is -2.55. The first-order valence-corrected chi connectivity index (χ1v) is 16.0. The Morgan fingerprint density at radius 2 is 1.03 bits per heavy atom. The van der Waals surface area contributed by atoms with Crippen molar-refractivity contribution in [2.24, 2.45) is 5.92 Å². The van der Waals surface area contributed by atoms with Gasteiger partial charge in [-0.25, -0.2) is 0 Å². The molecule has 0 aromatic rings. The van der Waals surface area contributed by atoms with Gasteiger partial charge in [0.2, 0.25) is 0 Å². The molecule has 0 aliphatic rings. The standard InChI is InChI=1S/C28H54O7S/c1-3-5-7-9-11-13-15-17-19-21-23-26(28(30)35-36(31,32)33)25-27(29)34-24-22-20-18-16-14-12-10-8-6-4-2/h26H,3-25H2,1-2H3,(H,31,32,33). The Morgan fingerprint density at radius 3 is 1.44 bits per heavy atom. The summed E-state index contributed by atoms with van der Waals surface area (Å²) in [5.41, 5.74) is 0. The molecule has 8 heteroatoms. The third-order valence-corrected chi connectivity index (χ3v) is 6.98. The van der Waals surface area contributed by atoms with E-state index in [1.165, 1.54) is 83.5 Å². The molecule has 0 aliphatic heterocycles. The van der Waals surface area contributed by atoms with Gasteiger partial charge in [-0.05, 0) is 12.8 Å². The molecule has 0 saturated heterocycles. The number of carbonyl (C=O) groups excluding carboxylic acids is 2. The summed E-state index contributed by atoms with van der Waals surface area (Å²) in [6.45, 7) is 4.72. The van der Waals surface area contributed by atoms with Gasteiger partial charge in [0, 0.05) is 0 Å². The molecule has 0 amide bonds. The molecule has 0 aromatic heterocycles. The lowest BCUT2D eigenvalue weighted by Crippen LogP contribution is -2.24. The Kier molecular flexibility index (Phi) is 23.4. The van der Waals surface area contributed by atoms with E-state index >= 15 is 0 Å². The molecule has 0 aliphatic carbocycles. The van der Waals surface area contributed by atoms with E-state index in [1.54, 1.807) is 0 Å². The van der Waals surface area contributed by atoms with Crippen molar-refractivity contribution in [3.8, 4) is 0 Å². The fraction of sp³-hybridized carbons (Fsp3) is 0.929. The maximum absolute atomic E-state index is 12.2. The number of hydrogen-bond donors (Lipinski definition) is 1. The molecule has 0 fully saturated rings. The number of rotatable bonds is 26. The molecule has 0 bridgehead atoms. The van der Waals surface area contributed by atoms with Crippen LogP contribution in [0, 0.1) is 5.92 Å². The third-order valence-electron chi connectivity index (χ3n) is 6.60. The molecule has 0 spiro atoms. The number of ether oxygens (including phenoxy) is 1. The molecule has 214 valence electrons. The van der Waals surface area contributed by atoms with E-state index in [-0.39, 0.29) is 6.42 Å². The maximum atomic E-state index is 12.2. The van der Waals surface area contributed by atoms with E-state index in [1.807, 2.05) is 0 Å². The van der Waals surface area contributed by atoms with Crippen molar-refractivity contribution in [2.75, 3.05) is 6.61 Å². The summed E-state index contributed by atoms with van der Waals surface area (Å²) in [6.07, 6.45) is 23.3. The number of carbonyl (C=O) groups is 2. The third kappa shape index (κ3) is 24.5. The van der Waals surface area contributed by atoms with Crippen molar-refractivity contribution in [3.63, 3.8) is 0 Å². The second kappa shape index (κ2) is 24.2. The number of hydrogen-bond acceptors (Lipinski definition) is 6. The first-order chi connectivity index (χ1) is 17.3. The quantitative estimate of drug-likeness (QED) is 0.0678. The smallest absolute Gasteiger partial charge is 0.448 e. The van der Waals surface area contributed by atoms with E-state index in [0.717, 1.165) is 38.5 Å². The molecule has 0 heterocycles. The van der Waals surface area contributed by atoms with Crippen LogP contribution in [-0.4, -0.2) is 31.5 Å². The molecule has 0 radical (unpaired) electrons. The molecule has 1 N–H and O–H groups in total. The highest BCUT2D eigenvalue weighted by Gasteiger charge is 2.27. The second-order valence-electron chi connectivity index (χ2n) is 10.1. The Bertz CT molecular complexity index is 634. The van der Waals surface area contributed by atoms with Crippen molar-refractivity contribution in [1.29, 1.82) is 0 Å². The molecule has 7 nitrogen and oxygen atoms in total. The van der Waals surface area contributed by atoms with Crippen LogP contribution in [0.4, 0.5) is 0 Å². The van der Waals surface area contributed by atoms with E-state index in [2.05, 4.69) is 18.0 Å². The van der Waals surface area contributed by atoms with Gasteiger partial charge < -0.3 is 8.92 Å². The summed E-state index contributed by atoms with van der Waals surface area (Å²) < 4.78 is 40.2. The van der Waals surface area contributed by atoms with Crippen LogP contribution in [0.25, 0.3) is 0 Å².